The van der Waals surface area contributed by atoms with Crippen LogP contribution < -0.4 is 5.32 Å². The highest BCUT2D eigenvalue weighted by Gasteiger charge is 2.18. The first-order valence-electron chi connectivity index (χ1n) is 10.1. The molecule has 3 aromatic rings. The highest BCUT2D eigenvalue weighted by molar-refractivity contribution is 6.03. The lowest BCUT2D eigenvalue weighted by atomic mass is 10.0. The molecule has 1 N–H and O–H groups in total. The predicted molar refractivity (Wildman–Crippen MR) is 113 cm³/mol. The number of nitriles is 1. The van der Waals surface area contributed by atoms with Gasteiger partial charge in [0.2, 0.25) is 5.76 Å². The summed E-state index contributed by atoms with van der Waals surface area (Å²) in [6.07, 6.45) is 3.03. The average molecular weight is 416 g/mol. The summed E-state index contributed by atoms with van der Waals surface area (Å²) in [5.74, 6) is -1.39. The zero-order valence-electron chi connectivity index (χ0n) is 16.8. The third kappa shape index (κ3) is 4.48. The predicted octanol–water partition coefficient (Wildman–Crippen LogP) is 3.94. The molecule has 0 unspecified atom stereocenters. The number of Topliss-reactive ketones (excluding diaryl/α,β-unsaturated/α-hetero) is 1. The number of carbonyl (C=O) groups is 3. The Labute approximate surface area is 178 Å². The van der Waals surface area contributed by atoms with Crippen molar-refractivity contribution in [3.8, 4) is 6.07 Å². The molecule has 0 fully saturated rings. The Bertz CT molecular complexity index is 1220. The van der Waals surface area contributed by atoms with E-state index in [-0.39, 0.29) is 30.1 Å². The van der Waals surface area contributed by atoms with E-state index >= 15 is 0 Å². The molecule has 1 aromatic heterocycles. The molecule has 0 radical (unpaired) electrons. The number of amides is 1. The summed E-state index contributed by atoms with van der Waals surface area (Å²) in [6, 6.07) is 14.5. The molecule has 31 heavy (non-hydrogen) atoms. The number of benzene rings is 2. The molecule has 0 bridgehead atoms. The van der Waals surface area contributed by atoms with E-state index < -0.39 is 18.5 Å². The summed E-state index contributed by atoms with van der Waals surface area (Å²) in [4.78, 5) is 36.5. The zero-order valence-corrected chi connectivity index (χ0v) is 16.8. The second kappa shape index (κ2) is 8.84. The lowest BCUT2D eigenvalue weighted by Gasteiger charge is -2.07. The monoisotopic (exact) mass is 416 g/mol. The summed E-state index contributed by atoms with van der Waals surface area (Å²) in [5.41, 5.74) is 3.80. The maximum absolute atomic E-state index is 12.4. The number of hydrogen-bond acceptors (Lipinski definition) is 6. The fourth-order valence-corrected chi connectivity index (χ4v) is 3.75. The maximum Gasteiger partial charge on any atom is 0.306 e. The van der Waals surface area contributed by atoms with Crippen LogP contribution >= 0.6 is 0 Å². The molecule has 7 nitrogen and oxygen atoms in total. The molecule has 1 aliphatic rings. The lowest BCUT2D eigenvalue weighted by Crippen LogP contribution is -2.21. The summed E-state index contributed by atoms with van der Waals surface area (Å²) in [6.45, 7) is -0.518. The van der Waals surface area contributed by atoms with E-state index in [1.807, 2.05) is 18.2 Å². The van der Waals surface area contributed by atoms with Crippen molar-refractivity contribution >= 4 is 34.3 Å². The van der Waals surface area contributed by atoms with Crippen LogP contribution in [0, 0.1) is 11.3 Å². The van der Waals surface area contributed by atoms with Crippen molar-refractivity contribution in [2.75, 3.05) is 11.9 Å². The zero-order chi connectivity index (χ0) is 21.8. The van der Waals surface area contributed by atoms with Crippen molar-refractivity contribution in [3.05, 3.63) is 64.9 Å². The van der Waals surface area contributed by atoms with Crippen molar-refractivity contribution in [3.63, 3.8) is 0 Å². The summed E-state index contributed by atoms with van der Waals surface area (Å²) in [7, 11) is 0. The molecular weight excluding hydrogens is 396 g/mol. The number of nitrogens with one attached hydrogen (secondary N) is 1. The van der Waals surface area contributed by atoms with Crippen LogP contribution in [0.4, 0.5) is 5.69 Å². The molecule has 7 heteroatoms. The molecule has 4 rings (SSSR count). The quantitative estimate of drug-likeness (QED) is 0.462. The van der Waals surface area contributed by atoms with Crippen LogP contribution in [-0.2, 0) is 27.2 Å². The highest BCUT2D eigenvalue weighted by atomic mass is 16.5. The Morgan fingerprint density at radius 1 is 1.06 bits per heavy atom. The fourth-order valence-electron chi connectivity index (χ4n) is 3.75. The van der Waals surface area contributed by atoms with Crippen LogP contribution in [0.1, 0.15) is 46.5 Å². The van der Waals surface area contributed by atoms with Crippen LogP contribution in [0.2, 0.25) is 0 Å². The number of ether oxygens (including phenoxy) is 1. The van der Waals surface area contributed by atoms with E-state index in [2.05, 4.69) is 5.32 Å². The van der Waals surface area contributed by atoms with E-state index in [0.717, 1.165) is 19.3 Å². The molecule has 0 saturated heterocycles. The van der Waals surface area contributed by atoms with Gasteiger partial charge in [-0.05, 0) is 48.6 Å². The molecule has 1 amide bonds. The van der Waals surface area contributed by atoms with Crippen LogP contribution in [0.15, 0.2) is 46.9 Å². The normalized spacial score (nSPS) is 12.2. The number of esters is 1. The van der Waals surface area contributed by atoms with Gasteiger partial charge in [0.15, 0.2) is 12.4 Å². The van der Waals surface area contributed by atoms with Crippen LogP contribution in [0.3, 0.4) is 0 Å². The number of hydrogen-bond donors (Lipinski definition) is 1. The molecule has 1 heterocycles. The van der Waals surface area contributed by atoms with Crippen molar-refractivity contribution in [2.45, 2.75) is 32.1 Å². The van der Waals surface area contributed by atoms with Gasteiger partial charge in [-0.1, -0.05) is 24.3 Å². The molecule has 0 aliphatic heterocycles. The largest absolute Gasteiger partial charge is 0.456 e. The van der Waals surface area contributed by atoms with Gasteiger partial charge in [0.25, 0.3) is 5.91 Å². The average Bonchev–Trinajstić information content (AvgIpc) is 3.40. The maximum atomic E-state index is 12.4. The van der Waals surface area contributed by atoms with Gasteiger partial charge in [-0.15, -0.1) is 0 Å². The van der Waals surface area contributed by atoms with Crippen LogP contribution in [0.25, 0.3) is 11.0 Å². The van der Waals surface area contributed by atoms with Crippen LogP contribution in [0.5, 0.6) is 0 Å². The Hall–Kier alpha value is -3.92. The Kier molecular flexibility index (Phi) is 5.80. The third-order valence-electron chi connectivity index (χ3n) is 5.30. The van der Waals surface area contributed by atoms with Gasteiger partial charge in [-0.2, -0.15) is 5.26 Å². The van der Waals surface area contributed by atoms with E-state index in [0.29, 0.717) is 16.5 Å². The van der Waals surface area contributed by atoms with Gasteiger partial charge in [-0.25, -0.2) is 0 Å². The van der Waals surface area contributed by atoms with E-state index in [4.69, 9.17) is 9.15 Å². The molecular formula is C24H20N2O5. The second-order valence-electron chi connectivity index (χ2n) is 7.38. The van der Waals surface area contributed by atoms with E-state index in [1.165, 1.54) is 11.1 Å². The molecule has 0 atom stereocenters. The van der Waals surface area contributed by atoms with Crippen molar-refractivity contribution < 1.29 is 23.5 Å². The molecule has 0 spiro atoms. The summed E-state index contributed by atoms with van der Waals surface area (Å²) in [5, 5.41) is 12.3. The van der Waals surface area contributed by atoms with Crippen molar-refractivity contribution in [2.24, 2.45) is 0 Å². The van der Waals surface area contributed by atoms with E-state index in [9.17, 15) is 19.6 Å². The number of carbonyl (C=O) groups excluding carboxylic acids is 3. The second-order valence-corrected chi connectivity index (χ2v) is 7.38. The third-order valence-corrected chi connectivity index (χ3v) is 5.30. The molecule has 0 saturated carbocycles. The number of fused-ring (bicyclic) bond motifs is 2. The molecule has 1 aliphatic carbocycles. The van der Waals surface area contributed by atoms with E-state index in [1.54, 1.807) is 30.3 Å². The first kappa shape index (κ1) is 20.4. The molecule has 2 aromatic carbocycles. The standard InChI is InChI=1S/C24H20N2O5/c25-13-21-24(18-6-1-2-7-20(18)31-21)26-22(28)14-30-23(29)11-10-19(27)17-9-8-15-4-3-5-16(15)12-17/h1-2,6-9,12H,3-5,10-11,14H2,(H,26,28). The minimum absolute atomic E-state index is 0.0180. The number of aryl methyl sites for hydroxylation is 2. The lowest BCUT2D eigenvalue weighted by molar-refractivity contribution is -0.147. The van der Waals surface area contributed by atoms with Crippen LogP contribution in [-0.4, -0.2) is 24.3 Å². The van der Waals surface area contributed by atoms with Gasteiger partial charge < -0.3 is 14.5 Å². The summed E-state index contributed by atoms with van der Waals surface area (Å²) >= 11 is 0. The number of ketones is 1. The minimum Gasteiger partial charge on any atom is -0.456 e. The Balaban J connectivity index is 1.28. The number of nitrogens with zero attached hydrogens (tertiary/aromatic N) is 1. The number of anilines is 1. The first-order chi connectivity index (χ1) is 15.0. The van der Waals surface area contributed by atoms with Gasteiger partial charge in [-0.3, -0.25) is 14.4 Å². The van der Waals surface area contributed by atoms with Crippen molar-refractivity contribution in [1.29, 1.82) is 5.26 Å². The Morgan fingerprint density at radius 3 is 2.71 bits per heavy atom. The number of rotatable bonds is 7. The van der Waals surface area contributed by atoms with Gasteiger partial charge in [0, 0.05) is 17.4 Å². The van der Waals surface area contributed by atoms with Gasteiger partial charge in [0.05, 0.1) is 6.42 Å². The SMILES string of the molecule is N#Cc1oc2ccccc2c1NC(=O)COC(=O)CCC(=O)c1ccc2c(c1)CCC2. The van der Waals surface area contributed by atoms with Gasteiger partial charge >= 0.3 is 5.97 Å². The topological polar surface area (TPSA) is 109 Å². The number of para-hydroxylation sites is 1. The van der Waals surface area contributed by atoms with Gasteiger partial charge in [0.1, 0.15) is 17.3 Å². The molecule has 156 valence electrons. The minimum atomic E-state index is -0.637. The van der Waals surface area contributed by atoms with Crippen molar-refractivity contribution in [1.82, 2.24) is 0 Å². The highest BCUT2D eigenvalue weighted by Crippen LogP contribution is 2.30. The fraction of sp³-hybridized carbons (Fsp3) is 0.250. The Morgan fingerprint density at radius 2 is 1.87 bits per heavy atom. The smallest absolute Gasteiger partial charge is 0.306 e. The number of furan rings is 1. The first-order valence-corrected chi connectivity index (χ1v) is 10.1. The summed E-state index contributed by atoms with van der Waals surface area (Å²) < 4.78 is 10.4.